The van der Waals surface area contributed by atoms with E-state index in [0.29, 0.717) is 5.85 Å². The average Bonchev–Trinajstić information content (AvgIpc) is 2.33. The van der Waals surface area contributed by atoms with Crippen LogP contribution in [0.25, 0.3) is 0 Å². The number of rotatable bonds is 13. The van der Waals surface area contributed by atoms with E-state index >= 15 is 0 Å². The lowest BCUT2D eigenvalue weighted by atomic mass is 10.1. The van der Waals surface area contributed by atoms with Crippen LogP contribution in [-0.4, -0.2) is 12.5 Å². The molecule has 0 saturated heterocycles. The predicted octanol–water partition coefficient (Wildman–Crippen LogP) is 5.54. The Hall–Kier alpha value is 0.390. The van der Waals surface area contributed by atoms with Crippen LogP contribution in [0.1, 0.15) is 84.5 Å². The van der Waals surface area contributed by atoms with Crippen molar-refractivity contribution in [2.45, 2.75) is 90.3 Å². The molecule has 0 radical (unpaired) electrons. The van der Waals surface area contributed by atoms with Crippen molar-refractivity contribution < 1.29 is 4.74 Å². The summed E-state index contributed by atoms with van der Waals surface area (Å²) in [4.78, 5) is 0. The molecule has 0 bridgehead atoms. The van der Waals surface area contributed by atoms with Crippen molar-refractivity contribution in [1.29, 1.82) is 0 Å². The second-order valence-electron chi connectivity index (χ2n) is 5.03. The number of ether oxygens (including phenoxy) is 1. The Morgan fingerprint density at radius 2 is 1.29 bits per heavy atom. The van der Waals surface area contributed by atoms with Gasteiger partial charge in [0.15, 0.2) is 0 Å². The number of hydrogen-bond donors (Lipinski definition) is 0. The van der Waals surface area contributed by atoms with E-state index in [1.54, 1.807) is 0 Å². The summed E-state index contributed by atoms with van der Waals surface area (Å²) in [5, 5.41) is 0. The third-order valence-corrected chi connectivity index (χ3v) is 3.70. The van der Waals surface area contributed by atoms with E-state index in [9.17, 15) is 0 Å². The average molecular weight is 260 g/mol. The van der Waals surface area contributed by atoms with Gasteiger partial charge in [-0.3, -0.25) is 0 Å². The molecular formula is C15H33OP. The van der Waals surface area contributed by atoms with Crippen LogP contribution in [0.3, 0.4) is 0 Å². The lowest BCUT2D eigenvalue weighted by Crippen LogP contribution is -2.05. The molecule has 0 heterocycles. The molecule has 2 heteroatoms. The van der Waals surface area contributed by atoms with Gasteiger partial charge in [-0.1, -0.05) is 71.6 Å². The van der Waals surface area contributed by atoms with Crippen molar-refractivity contribution in [1.82, 2.24) is 0 Å². The highest BCUT2D eigenvalue weighted by Gasteiger charge is 2.01. The van der Waals surface area contributed by atoms with E-state index in [4.69, 9.17) is 4.74 Å². The van der Waals surface area contributed by atoms with Crippen molar-refractivity contribution in [2.24, 2.45) is 0 Å². The quantitative estimate of drug-likeness (QED) is 0.312. The fourth-order valence-electron chi connectivity index (χ4n) is 1.94. The first-order valence-corrected chi connectivity index (χ1v) is 8.35. The van der Waals surface area contributed by atoms with E-state index in [0.717, 1.165) is 6.61 Å². The van der Waals surface area contributed by atoms with E-state index in [2.05, 4.69) is 23.1 Å². The number of unbranched alkanes of at least 4 members (excludes halogenated alkanes) is 8. The summed E-state index contributed by atoms with van der Waals surface area (Å²) >= 11 is 0. The summed E-state index contributed by atoms with van der Waals surface area (Å²) < 4.78 is 5.70. The molecule has 0 amide bonds. The molecule has 2 atom stereocenters. The minimum absolute atomic E-state index is 0.390. The Bertz CT molecular complexity index is 139. The van der Waals surface area contributed by atoms with Crippen LogP contribution < -0.4 is 0 Å². The zero-order valence-corrected chi connectivity index (χ0v) is 13.2. The smallest absolute Gasteiger partial charge is 0.0708 e. The molecule has 0 rings (SSSR count). The molecule has 0 aromatic carbocycles. The van der Waals surface area contributed by atoms with Gasteiger partial charge in [0.1, 0.15) is 0 Å². The van der Waals surface area contributed by atoms with Gasteiger partial charge in [0.05, 0.1) is 5.85 Å². The molecule has 0 aliphatic heterocycles. The van der Waals surface area contributed by atoms with E-state index in [1.165, 1.54) is 70.6 Å². The van der Waals surface area contributed by atoms with Crippen molar-refractivity contribution in [3.63, 3.8) is 0 Å². The molecule has 0 aromatic heterocycles. The molecule has 0 fully saturated rings. The molecule has 104 valence electrons. The fraction of sp³-hybridized carbons (Fsp3) is 1.00. The molecule has 2 unspecified atom stereocenters. The third-order valence-electron chi connectivity index (χ3n) is 3.17. The van der Waals surface area contributed by atoms with Crippen molar-refractivity contribution in [2.75, 3.05) is 6.61 Å². The van der Waals surface area contributed by atoms with Gasteiger partial charge in [0, 0.05) is 6.61 Å². The first kappa shape index (κ1) is 17.4. The summed E-state index contributed by atoms with van der Waals surface area (Å²) in [6.45, 7) is 5.42. The van der Waals surface area contributed by atoms with Crippen LogP contribution in [0.15, 0.2) is 0 Å². The normalized spacial score (nSPS) is 12.9. The van der Waals surface area contributed by atoms with Crippen LogP contribution >= 0.6 is 9.24 Å². The molecule has 0 aromatic rings. The molecule has 0 spiro atoms. The van der Waals surface area contributed by atoms with Gasteiger partial charge < -0.3 is 4.74 Å². The van der Waals surface area contributed by atoms with Crippen LogP contribution in [0.5, 0.6) is 0 Å². The summed E-state index contributed by atoms with van der Waals surface area (Å²) in [6, 6.07) is 0. The van der Waals surface area contributed by atoms with Gasteiger partial charge in [-0.2, -0.15) is 0 Å². The van der Waals surface area contributed by atoms with Gasteiger partial charge in [-0.05, 0) is 12.8 Å². The maximum atomic E-state index is 5.70. The zero-order chi connectivity index (χ0) is 12.8. The summed E-state index contributed by atoms with van der Waals surface area (Å²) in [5.41, 5.74) is 0. The van der Waals surface area contributed by atoms with Crippen molar-refractivity contribution in [3.8, 4) is 0 Å². The van der Waals surface area contributed by atoms with Crippen LogP contribution in [0, 0.1) is 0 Å². The summed E-state index contributed by atoms with van der Waals surface area (Å²) in [5.74, 6) is 0.390. The van der Waals surface area contributed by atoms with Gasteiger partial charge in [-0.25, -0.2) is 0 Å². The first-order valence-electron chi connectivity index (χ1n) is 7.68. The Morgan fingerprint density at radius 3 is 1.88 bits per heavy atom. The van der Waals surface area contributed by atoms with E-state index in [1.807, 2.05) is 0 Å². The topological polar surface area (TPSA) is 9.23 Å². The zero-order valence-electron chi connectivity index (χ0n) is 12.0. The predicted molar refractivity (Wildman–Crippen MR) is 81.6 cm³/mol. The Kier molecular flexibility index (Phi) is 14.8. The second kappa shape index (κ2) is 14.5. The van der Waals surface area contributed by atoms with E-state index < -0.39 is 0 Å². The maximum Gasteiger partial charge on any atom is 0.0708 e. The SMILES string of the molecule is CCCCCCCCCCC(P)OCCCC. The summed E-state index contributed by atoms with van der Waals surface area (Å²) in [7, 11) is 2.83. The van der Waals surface area contributed by atoms with E-state index in [-0.39, 0.29) is 0 Å². The molecule has 0 N–H and O–H groups in total. The highest BCUT2D eigenvalue weighted by atomic mass is 31.0. The van der Waals surface area contributed by atoms with Crippen LogP contribution in [-0.2, 0) is 4.74 Å². The minimum atomic E-state index is 0.390. The van der Waals surface area contributed by atoms with Crippen molar-refractivity contribution >= 4 is 9.24 Å². The third kappa shape index (κ3) is 14.3. The highest BCUT2D eigenvalue weighted by molar-refractivity contribution is 7.17. The molecule has 0 saturated carbocycles. The Labute approximate surface area is 111 Å². The van der Waals surface area contributed by atoms with Crippen LogP contribution in [0.4, 0.5) is 0 Å². The maximum absolute atomic E-state index is 5.70. The van der Waals surface area contributed by atoms with Crippen molar-refractivity contribution in [3.05, 3.63) is 0 Å². The molecule has 0 aliphatic carbocycles. The fourth-order valence-corrected chi connectivity index (χ4v) is 2.31. The molecule has 1 nitrogen and oxygen atoms in total. The standard InChI is InChI=1S/C15H33OP/c1-3-5-7-8-9-10-11-12-13-15(17)16-14-6-4-2/h15H,3-14,17H2,1-2H3. The molecule has 17 heavy (non-hydrogen) atoms. The lowest BCUT2D eigenvalue weighted by molar-refractivity contribution is 0.102. The minimum Gasteiger partial charge on any atom is -0.374 e. The monoisotopic (exact) mass is 260 g/mol. The second-order valence-corrected chi connectivity index (χ2v) is 5.77. The lowest BCUT2D eigenvalue weighted by Gasteiger charge is -2.12. The van der Waals surface area contributed by atoms with Gasteiger partial charge in [0.25, 0.3) is 0 Å². The Morgan fingerprint density at radius 1 is 0.765 bits per heavy atom. The molecular weight excluding hydrogens is 227 g/mol. The highest BCUT2D eigenvalue weighted by Crippen LogP contribution is 2.15. The molecule has 0 aliphatic rings. The van der Waals surface area contributed by atoms with Gasteiger partial charge >= 0.3 is 0 Å². The van der Waals surface area contributed by atoms with Gasteiger partial charge in [0.2, 0.25) is 0 Å². The van der Waals surface area contributed by atoms with Crippen LogP contribution in [0.2, 0.25) is 0 Å². The number of hydrogen-bond acceptors (Lipinski definition) is 1. The Balaban J connectivity index is 3.05. The largest absolute Gasteiger partial charge is 0.374 e. The summed E-state index contributed by atoms with van der Waals surface area (Å²) in [6.07, 6.45) is 14.8. The van der Waals surface area contributed by atoms with Gasteiger partial charge in [-0.15, -0.1) is 9.24 Å². The first-order chi connectivity index (χ1) is 8.31.